The van der Waals surface area contributed by atoms with E-state index in [1.165, 1.54) is 13.2 Å². The molecule has 136 valence electrons. The summed E-state index contributed by atoms with van der Waals surface area (Å²) in [6.07, 6.45) is 4.12. The van der Waals surface area contributed by atoms with Crippen LogP contribution in [0.25, 0.3) is 0 Å². The van der Waals surface area contributed by atoms with Gasteiger partial charge >= 0.3 is 0 Å². The molecule has 2 aliphatic rings. The number of phenolic OH excluding ortho intramolecular Hbond substituents is 1. The van der Waals surface area contributed by atoms with Crippen LogP contribution in [0.3, 0.4) is 0 Å². The number of hydrogen-bond acceptors (Lipinski definition) is 4. The summed E-state index contributed by atoms with van der Waals surface area (Å²) in [5.74, 6) is 0.158. The molecule has 1 N–H and O–H groups in total. The minimum Gasteiger partial charge on any atom is -0.504 e. The Morgan fingerprint density at radius 2 is 2.00 bits per heavy atom. The molecule has 0 aliphatic carbocycles. The molecule has 2 heterocycles. The number of likely N-dealkylation sites (tertiary alicyclic amines) is 2. The van der Waals surface area contributed by atoms with E-state index in [4.69, 9.17) is 4.74 Å². The van der Waals surface area contributed by atoms with Gasteiger partial charge in [0, 0.05) is 25.2 Å². The second-order valence-electron chi connectivity index (χ2n) is 6.87. The molecule has 2 aliphatic heterocycles. The number of ether oxygens (including phenoxy) is 1. The lowest BCUT2D eigenvalue weighted by Crippen LogP contribution is -2.61. The highest BCUT2D eigenvalue weighted by Gasteiger charge is 2.52. The predicted octanol–water partition coefficient (Wildman–Crippen LogP) is 2.41. The lowest BCUT2D eigenvalue weighted by molar-refractivity contribution is -0.145. The zero-order chi connectivity index (χ0) is 18.0. The van der Waals surface area contributed by atoms with E-state index in [9.17, 15) is 14.7 Å². The Kier molecular flexibility index (Phi) is 4.88. The van der Waals surface area contributed by atoms with Crippen molar-refractivity contribution in [3.05, 3.63) is 23.8 Å². The van der Waals surface area contributed by atoms with Gasteiger partial charge in [-0.2, -0.15) is 0 Å². The smallest absolute Gasteiger partial charge is 0.254 e. The molecule has 0 aromatic heterocycles. The fourth-order valence-corrected chi connectivity index (χ4v) is 4.18. The molecule has 3 rings (SSSR count). The summed E-state index contributed by atoms with van der Waals surface area (Å²) in [5, 5.41) is 9.98. The van der Waals surface area contributed by atoms with Crippen LogP contribution in [0.2, 0.25) is 0 Å². The average molecular weight is 346 g/mol. The van der Waals surface area contributed by atoms with Crippen molar-refractivity contribution in [3.63, 3.8) is 0 Å². The van der Waals surface area contributed by atoms with E-state index in [-0.39, 0.29) is 17.6 Å². The maximum absolute atomic E-state index is 13.1. The van der Waals surface area contributed by atoms with Crippen LogP contribution in [0, 0.1) is 0 Å². The highest BCUT2D eigenvalue weighted by Crippen LogP contribution is 2.39. The molecule has 0 radical (unpaired) electrons. The van der Waals surface area contributed by atoms with Crippen molar-refractivity contribution in [2.75, 3.05) is 26.7 Å². The molecule has 0 bridgehead atoms. The number of amides is 2. The molecule has 6 heteroatoms. The second kappa shape index (κ2) is 6.94. The van der Waals surface area contributed by atoms with Gasteiger partial charge in [0.25, 0.3) is 5.91 Å². The molecule has 1 atom stereocenters. The van der Waals surface area contributed by atoms with Crippen molar-refractivity contribution in [2.24, 2.45) is 0 Å². The van der Waals surface area contributed by atoms with Gasteiger partial charge in [-0.05, 0) is 50.3 Å². The minimum atomic E-state index is -0.708. The first kappa shape index (κ1) is 17.6. The minimum absolute atomic E-state index is 0.0656. The van der Waals surface area contributed by atoms with Crippen LogP contribution in [-0.2, 0) is 4.79 Å². The predicted molar refractivity (Wildman–Crippen MR) is 93.8 cm³/mol. The summed E-state index contributed by atoms with van der Waals surface area (Å²) >= 11 is 0. The lowest BCUT2D eigenvalue weighted by Gasteiger charge is -2.44. The van der Waals surface area contributed by atoms with Gasteiger partial charge in [-0.15, -0.1) is 0 Å². The Balaban J connectivity index is 1.89. The number of rotatable bonds is 4. The van der Waals surface area contributed by atoms with Crippen LogP contribution in [0.5, 0.6) is 11.5 Å². The van der Waals surface area contributed by atoms with Crippen molar-refractivity contribution in [3.8, 4) is 11.5 Å². The van der Waals surface area contributed by atoms with Crippen LogP contribution in [-0.4, -0.2) is 59.0 Å². The quantitative estimate of drug-likeness (QED) is 0.909. The van der Waals surface area contributed by atoms with Crippen LogP contribution in [0.1, 0.15) is 49.4 Å². The van der Waals surface area contributed by atoms with Gasteiger partial charge in [0.1, 0.15) is 5.54 Å². The normalized spacial score (nSPS) is 23.4. The maximum atomic E-state index is 13.1. The number of benzene rings is 1. The topological polar surface area (TPSA) is 70.1 Å². The van der Waals surface area contributed by atoms with E-state index in [2.05, 4.69) is 6.92 Å². The van der Waals surface area contributed by atoms with E-state index in [0.29, 0.717) is 17.9 Å². The molecule has 1 unspecified atom stereocenters. The Bertz CT molecular complexity index is 673. The Morgan fingerprint density at radius 1 is 1.28 bits per heavy atom. The van der Waals surface area contributed by atoms with Gasteiger partial charge in [-0.3, -0.25) is 9.59 Å². The van der Waals surface area contributed by atoms with Gasteiger partial charge in [-0.25, -0.2) is 0 Å². The van der Waals surface area contributed by atoms with E-state index in [0.717, 1.165) is 45.2 Å². The largest absolute Gasteiger partial charge is 0.504 e. The zero-order valence-corrected chi connectivity index (χ0v) is 15.0. The number of nitrogens with zero attached hydrogens (tertiary/aromatic N) is 2. The highest BCUT2D eigenvalue weighted by atomic mass is 16.5. The Labute approximate surface area is 148 Å². The number of phenols is 1. The van der Waals surface area contributed by atoms with Crippen LogP contribution in [0.4, 0.5) is 0 Å². The fourth-order valence-electron chi connectivity index (χ4n) is 4.18. The molecule has 0 saturated carbocycles. The van der Waals surface area contributed by atoms with Gasteiger partial charge in [-0.1, -0.05) is 6.92 Å². The van der Waals surface area contributed by atoms with Crippen molar-refractivity contribution >= 4 is 11.8 Å². The van der Waals surface area contributed by atoms with Gasteiger partial charge in [0.05, 0.1) is 7.11 Å². The maximum Gasteiger partial charge on any atom is 0.254 e. The standard InChI is InChI=1S/C19H26N2O4/c1-3-10-20-11-4-8-19(18(20)24)9-5-12-21(19)17(23)14-6-7-16(25-2)15(22)13-14/h6-7,13,22H,3-5,8-12H2,1-2H3. The monoisotopic (exact) mass is 346 g/mol. The Morgan fingerprint density at radius 3 is 2.64 bits per heavy atom. The summed E-state index contributed by atoms with van der Waals surface area (Å²) in [4.78, 5) is 29.8. The molecule has 25 heavy (non-hydrogen) atoms. The van der Waals surface area contributed by atoms with Crippen molar-refractivity contribution in [1.82, 2.24) is 9.80 Å². The molecule has 1 aromatic rings. The van der Waals surface area contributed by atoms with Crippen molar-refractivity contribution in [1.29, 1.82) is 0 Å². The lowest BCUT2D eigenvalue weighted by atomic mass is 9.85. The molecule has 6 nitrogen and oxygen atoms in total. The van der Waals surface area contributed by atoms with Gasteiger partial charge in [0.15, 0.2) is 11.5 Å². The van der Waals surface area contributed by atoms with Crippen molar-refractivity contribution < 1.29 is 19.4 Å². The number of piperidine rings is 1. The summed E-state index contributed by atoms with van der Waals surface area (Å²) in [6.45, 7) is 4.16. The van der Waals surface area contributed by atoms with Gasteiger partial charge in [0.2, 0.25) is 5.91 Å². The number of carbonyl (C=O) groups is 2. The van der Waals surface area contributed by atoms with E-state index in [1.54, 1.807) is 17.0 Å². The highest BCUT2D eigenvalue weighted by molar-refractivity contribution is 6.00. The van der Waals surface area contributed by atoms with Crippen molar-refractivity contribution in [2.45, 2.75) is 44.6 Å². The van der Waals surface area contributed by atoms with E-state index >= 15 is 0 Å². The second-order valence-corrected chi connectivity index (χ2v) is 6.87. The zero-order valence-electron chi connectivity index (χ0n) is 15.0. The molecular weight excluding hydrogens is 320 g/mol. The van der Waals surface area contributed by atoms with E-state index in [1.807, 2.05) is 4.90 Å². The summed E-state index contributed by atoms with van der Waals surface area (Å²) in [6, 6.07) is 4.64. The SMILES string of the molecule is CCCN1CCCC2(CCCN2C(=O)c2ccc(OC)c(O)c2)C1=O. The number of carbonyl (C=O) groups excluding carboxylic acids is 2. The summed E-state index contributed by atoms with van der Waals surface area (Å²) < 4.78 is 5.04. The third kappa shape index (κ3) is 2.94. The van der Waals surface area contributed by atoms with E-state index < -0.39 is 5.54 Å². The average Bonchev–Trinajstić information content (AvgIpc) is 3.03. The molecular formula is C19H26N2O4. The van der Waals surface area contributed by atoms with Crippen LogP contribution >= 0.6 is 0 Å². The fraction of sp³-hybridized carbons (Fsp3) is 0.579. The summed E-state index contributed by atoms with van der Waals surface area (Å²) in [7, 11) is 1.47. The number of methoxy groups -OCH3 is 1. The first-order chi connectivity index (χ1) is 12.0. The number of hydrogen-bond donors (Lipinski definition) is 1. The third-order valence-electron chi connectivity index (χ3n) is 5.36. The van der Waals surface area contributed by atoms with Crippen LogP contribution in [0.15, 0.2) is 18.2 Å². The molecule has 1 spiro atoms. The molecule has 2 saturated heterocycles. The first-order valence-corrected chi connectivity index (χ1v) is 9.02. The Hall–Kier alpha value is -2.24. The van der Waals surface area contributed by atoms with Crippen LogP contribution < -0.4 is 4.74 Å². The molecule has 2 amide bonds. The van der Waals surface area contributed by atoms with Gasteiger partial charge < -0.3 is 19.6 Å². The first-order valence-electron chi connectivity index (χ1n) is 9.02. The third-order valence-corrected chi connectivity index (χ3v) is 5.36. The number of aromatic hydroxyl groups is 1. The molecule has 1 aromatic carbocycles. The summed E-state index contributed by atoms with van der Waals surface area (Å²) in [5.41, 5.74) is -0.319. The molecule has 2 fully saturated rings.